The lowest BCUT2D eigenvalue weighted by molar-refractivity contribution is 1.12. The van der Waals surface area contributed by atoms with Crippen LogP contribution < -0.4 is 0 Å². The highest BCUT2D eigenvalue weighted by Crippen LogP contribution is 2.35. The molecule has 0 unspecified atom stereocenters. The van der Waals surface area contributed by atoms with E-state index in [0.29, 0.717) is 0 Å². The third kappa shape index (κ3) is 2.65. The van der Waals surface area contributed by atoms with Gasteiger partial charge in [-0.25, -0.2) is 0 Å². The quantitative estimate of drug-likeness (QED) is 0.393. The first kappa shape index (κ1) is 16.2. The van der Waals surface area contributed by atoms with Crippen molar-refractivity contribution in [1.29, 1.82) is 0 Å². The maximum Gasteiger partial charge on any atom is 0.116 e. The average Bonchev–Trinajstić information content (AvgIpc) is 3.52. The summed E-state index contributed by atoms with van der Waals surface area (Å²) in [6.07, 6.45) is 5.60. The molecule has 0 radical (unpaired) electrons. The van der Waals surface area contributed by atoms with Crippen LogP contribution in [0.15, 0.2) is 77.9 Å². The van der Waals surface area contributed by atoms with Gasteiger partial charge in [0.15, 0.2) is 0 Å². The molecular weight excluding hydrogens is 378 g/mol. The van der Waals surface area contributed by atoms with Crippen LogP contribution >= 0.6 is 11.3 Å². The topological polar surface area (TPSA) is 70.2 Å². The van der Waals surface area contributed by atoms with Gasteiger partial charge in [-0.2, -0.15) is 16.4 Å². The Hall–Kier alpha value is -3.77. The zero-order valence-electron chi connectivity index (χ0n) is 15.3. The highest BCUT2D eigenvalue weighted by molar-refractivity contribution is 7.08. The van der Waals surface area contributed by atoms with Crippen LogP contribution in [-0.2, 0) is 0 Å². The normalized spacial score (nSPS) is 11.4. The van der Waals surface area contributed by atoms with Gasteiger partial charge in [0.1, 0.15) is 5.69 Å². The van der Waals surface area contributed by atoms with E-state index in [-0.39, 0.29) is 0 Å². The zero-order valence-corrected chi connectivity index (χ0v) is 16.1. The molecule has 0 atom stereocenters. The second kappa shape index (κ2) is 6.39. The van der Waals surface area contributed by atoms with Crippen LogP contribution in [0.3, 0.4) is 0 Å². The third-order valence-electron chi connectivity index (χ3n) is 5.16. The fraction of sp³-hybridized carbons (Fsp3) is 0. The number of pyridine rings is 2. The van der Waals surface area contributed by atoms with Crippen molar-refractivity contribution in [3.63, 3.8) is 0 Å². The van der Waals surface area contributed by atoms with Crippen molar-refractivity contribution in [2.75, 3.05) is 0 Å². The van der Waals surface area contributed by atoms with E-state index in [1.807, 2.05) is 36.8 Å². The first-order valence-corrected chi connectivity index (χ1v) is 10.2. The number of fused-ring (bicyclic) bond motifs is 2. The van der Waals surface area contributed by atoms with E-state index in [2.05, 4.69) is 66.2 Å². The number of hydrogen-bond acceptors (Lipinski definition) is 4. The van der Waals surface area contributed by atoms with E-state index < -0.39 is 0 Å². The van der Waals surface area contributed by atoms with Crippen LogP contribution in [0.25, 0.3) is 55.6 Å². The SMILES string of the molecule is c1ccc(-c2ccc3[nH]nc(-c4cc5c(-c6ccsc6)cncc5[nH]4)c3c2)nc1. The van der Waals surface area contributed by atoms with Crippen molar-refractivity contribution in [3.05, 3.63) is 77.9 Å². The summed E-state index contributed by atoms with van der Waals surface area (Å²) in [6.45, 7) is 0. The summed E-state index contributed by atoms with van der Waals surface area (Å²) >= 11 is 1.69. The maximum absolute atomic E-state index is 4.59. The van der Waals surface area contributed by atoms with E-state index in [1.54, 1.807) is 11.3 Å². The van der Waals surface area contributed by atoms with Crippen molar-refractivity contribution in [3.8, 4) is 33.8 Å². The molecule has 6 aromatic rings. The Labute approximate surface area is 170 Å². The van der Waals surface area contributed by atoms with E-state index in [4.69, 9.17) is 0 Å². The number of thiophene rings is 1. The minimum absolute atomic E-state index is 0.894. The molecule has 0 saturated heterocycles. The molecule has 0 aliphatic heterocycles. The molecule has 0 aliphatic rings. The van der Waals surface area contributed by atoms with Crippen molar-refractivity contribution >= 4 is 33.1 Å². The van der Waals surface area contributed by atoms with Crippen molar-refractivity contribution < 1.29 is 0 Å². The Balaban J connectivity index is 1.53. The maximum atomic E-state index is 4.59. The summed E-state index contributed by atoms with van der Waals surface area (Å²) in [5.41, 5.74) is 8.18. The molecule has 0 bridgehead atoms. The number of rotatable bonds is 3. The smallest absolute Gasteiger partial charge is 0.116 e. The number of aromatic nitrogens is 5. The van der Waals surface area contributed by atoms with Gasteiger partial charge in [0.25, 0.3) is 0 Å². The van der Waals surface area contributed by atoms with Gasteiger partial charge in [-0.15, -0.1) is 0 Å². The molecule has 138 valence electrons. The minimum Gasteiger partial charge on any atom is -0.352 e. The molecule has 0 amide bonds. The molecule has 0 spiro atoms. The lowest BCUT2D eigenvalue weighted by atomic mass is 10.1. The molecule has 6 heteroatoms. The second-order valence-corrected chi connectivity index (χ2v) is 7.67. The van der Waals surface area contributed by atoms with Gasteiger partial charge in [0, 0.05) is 34.3 Å². The first-order chi connectivity index (χ1) is 14.4. The highest BCUT2D eigenvalue weighted by atomic mass is 32.1. The van der Waals surface area contributed by atoms with Crippen molar-refractivity contribution in [1.82, 2.24) is 25.1 Å². The van der Waals surface area contributed by atoms with Crippen LogP contribution in [0.1, 0.15) is 0 Å². The van der Waals surface area contributed by atoms with Gasteiger partial charge in [-0.3, -0.25) is 15.1 Å². The Kier molecular flexibility index (Phi) is 3.57. The molecule has 0 aliphatic carbocycles. The summed E-state index contributed by atoms with van der Waals surface area (Å²) in [6, 6.07) is 16.5. The van der Waals surface area contributed by atoms with E-state index >= 15 is 0 Å². The average molecular weight is 393 g/mol. The molecule has 29 heavy (non-hydrogen) atoms. The fourth-order valence-corrected chi connectivity index (χ4v) is 4.39. The summed E-state index contributed by atoms with van der Waals surface area (Å²) in [7, 11) is 0. The molecule has 5 nitrogen and oxygen atoms in total. The summed E-state index contributed by atoms with van der Waals surface area (Å²) < 4.78 is 0. The molecule has 2 N–H and O–H groups in total. The molecule has 0 fully saturated rings. The molecule has 1 aromatic carbocycles. The standard InChI is InChI=1S/C23H15N5S/c1-2-7-25-19(3-1)14-4-5-20-17(9-14)23(28-27-20)21-10-16-18(15-6-8-29-13-15)11-24-12-22(16)26-21/h1-13,26H,(H,27,28). The lowest BCUT2D eigenvalue weighted by Crippen LogP contribution is -1.82. The Morgan fingerprint density at radius 2 is 1.86 bits per heavy atom. The number of nitrogens with one attached hydrogen (secondary N) is 2. The van der Waals surface area contributed by atoms with E-state index in [1.165, 1.54) is 5.56 Å². The second-order valence-electron chi connectivity index (χ2n) is 6.89. The molecule has 0 saturated carbocycles. The van der Waals surface area contributed by atoms with Gasteiger partial charge >= 0.3 is 0 Å². The van der Waals surface area contributed by atoms with Crippen molar-refractivity contribution in [2.24, 2.45) is 0 Å². The summed E-state index contributed by atoms with van der Waals surface area (Å²) in [4.78, 5) is 12.4. The Morgan fingerprint density at radius 1 is 0.862 bits per heavy atom. The predicted octanol–water partition coefficient (Wildman–Crippen LogP) is 5.90. The number of hydrogen-bond donors (Lipinski definition) is 2. The van der Waals surface area contributed by atoms with Crippen LogP contribution in [0.4, 0.5) is 0 Å². The molecular formula is C23H15N5S. The number of nitrogens with zero attached hydrogens (tertiary/aromatic N) is 3. The predicted molar refractivity (Wildman–Crippen MR) is 118 cm³/mol. The van der Waals surface area contributed by atoms with Crippen LogP contribution in [-0.4, -0.2) is 25.1 Å². The highest BCUT2D eigenvalue weighted by Gasteiger charge is 2.14. The van der Waals surface area contributed by atoms with E-state index in [9.17, 15) is 0 Å². The summed E-state index contributed by atoms with van der Waals surface area (Å²) in [5.74, 6) is 0. The van der Waals surface area contributed by atoms with Gasteiger partial charge < -0.3 is 4.98 Å². The Bertz CT molecular complexity index is 1450. The first-order valence-electron chi connectivity index (χ1n) is 9.26. The Morgan fingerprint density at radius 3 is 2.72 bits per heavy atom. The minimum atomic E-state index is 0.894. The van der Waals surface area contributed by atoms with Gasteiger partial charge in [0.2, 0.25) is 0 Å². The number of benzene rings is 1. The van der Waals surface area contributed by atoms with Gasteiger partial charge in [-0.1, -0.05) is 12.1 Å². The zero-order chi connectivity index (χ0) is 19.2. The van der Waals surface area contributed by atoms with Gasteiger partial charge in [-0.05, 0) is 52.7 Å². The third-order valence-corrected chi connectivity index (χ3v) is 5.84. The molecule has 6 rings (SSSR count). The molecule has 5 heterocycles. The molecule has 5 aromatic heterocycles. The lowest BCUT2D eigenvalue weighted by Gasteiger charge is -2.01. The summed E-state index contributed by atoms with van der Waals surface area (Å²) in [5, 5.41) is 14.2. The fourth-order valence-electron chi connectivity index (χ4n) is 3.74. The van der Waals surface area contributed by atoms with E-state index in [0.717, 1.165) is 50.0 Å². The largest absolute Gasteiger partial charge is 0.352 e. The number of H-pyrrole nitrogens is 2. The number of aromatic amines is 2. The van der Waals surface area contributed by atoms with Crippen LogP contribution in [0, 0.1) is 0 Å². The van der Waals surface area contributed by atoms with Crippen molar-refractivity contribution in [2.45, 2.75) is 0 Å². The van der Waals surface area contributed by atoms with Crippen LogP contribution in [0.2, 0.25) is 0 Å². The van der Waals surface area contributed by atoms with Crippen LogP contribution in [0.5, 0.6) is 0 Å². The monoisotopic (exact) mass is 393 g/mol. The van der Waals surface area contributed by atoms with Gasteiger partial charge in [0.05, 0.1) is 28.6 Å².